The van der Waals surface area contributed by atoms with E-state index in [-0.39, 0.29) is 5.91 Å². The Kier molecular flexibility index (Phi) is 3.80. The van der Waals surface area contributed by atoms with E-state index in [2.05, 4.69) is 25.1 Å². The molecule has 1 aromatic rings. The van der Waals surface area contributed by atoms with Gasteiger partial charge in [-0.25, -0.2) is 0 Å². The molecule has 1 aromatic carbocycles. The van der Waals surface area contributed by atoms with Crippen molar-refractivity contribution in [1.82, 2.24) is 0 Å². The van der Waals surface area contributed by atoms with Crippen molar-refractivity contribution in [3.05, 3.63) is 23.8 Å². The SMILES string of the molecule is Cc1ccc2c(c1)SCC(=O)N2CC[C@H]1CCOC1. The van der Waals surface area contributed by atoms with Crippen molar-refractivity contribution in [2.24, 2.45) is 5.92 Å². The second-order valence-corrected chi connectivity index (χ2v) is 6.34. The maximum Gasteiger partial charge on any atom is 0.237 e. The molecule has 2 aliphatic rings. The fourth-order valence-corrected chi connectivity index (χ4v) is 3.71. The van der Waals surface area contributed by atoms with E-state index in [1.807, 2.05) is 4.90 Å². The third-order valence-corrected chi connectivity index (χ3v) is 4.87. The summed E-state index contributed by atoms with van der Waals surface area (Å²) in [6.07, 6.45) is 2.18. The average molecular weight is 277 g/mol. The lowest BCUT2D eigenvalue weighted by Crippen LogP contribution is -2.37. The van der Waals surface area contributed by atoms with E-state index in [0.717, 1.165) is 38.3 Å². The zero-order chi connectivity index (χ0) is 13.2. The third-order valence-electron chi connectivity index (χ3n) is 3.84. The quantitative estimate of drug-likeness (QED) is 0.851. The van der Waals surface area contributed by atoms with Crippen molar-refractivity contribution in [3.63, 3.8) is 0 Å². The molecular formula is C15H19NO2S. The van der Waals surface area contributed by atoms with Crippen LogP contribution in [0.1, 0.15) is 18.4 Å². The van der Waals surface area contributed by atoms with Crippen LogP contribution in [0, 0.1) is 12.8 Å². The Labute approximate surface area is 118 Å². The highest BCUT2D eigenvalue weighted by atomic mass is 32.2. The lowest BCUT2D eigenvalue weighted by atomic mass is 10.0. The molecule has 0 radical (unpaired) electrons. The van der Waals surface area contributed by atoms with E-state index in [0.29, 0.717) is 11.7 Å². The van der Waals surface area contributed by atoms with Crippen LogP contribution in [0.15, 0.2) is 23.1 Å². The van der Waals surface area contributed by atoms with Crippen LogP contribution in [0.25, 0.3) is 0 Å². The second kappa shape index (κ2) is 5.55. The Bertz CT molecular complexity index is 483. The predicted octanol–water partition coefficient (Wildman–Crippen LogP) is 2.86. The first-order valence-electron chi connectivity index (χ1n) is 6.85. The molecule has 1 saturated heterocycles. The highest BCUT2D eigenvalue weighted by molar-refractivity contribution is 8.00. The van der Waals surface area contributed by atoms with Crippen LogP contribution in [-0.4, -0.2) is 31.4 Å². The molecule has 2 heterocycles. The normalized spacial score (nSPS) is 22.7. The molecule has 1 amide bonds. The van der Waals surface area contributed by atoms with Gasteiger partial charge in [-0.1, -0.05) is 6.07 Å². The zero-order valence-electron chi connectivity index (χ0n) is 11.2. The molecule has 0 N–H and O–H groups in total. The van der Waals surface area contributed by atoms with Gasteiger partial charge in [0.15, 0.2) is 0 Å². The van der Waals surface area contributed by atoms with Gasteiger partial charge < -0.3 is 9.64 Å². The smallest absolute Gasteiger partial charge is 0.237 e. The number of nitrogens with zero attached hydrogens (tertiary/aromatic N) is 1. The van der Waals surface area contributed by atoms with Crippen LogP contribution in [-0.2, 0) is 9.53 Å². The standard InChI is InChI=1S/C15H19NO2S/c1-11-2-3-13-14(8-11)19-10-15(17)16(13)6-4-12-5-7-18-9-12/h2-3,8,12H,4-7,9-10H2,1H3/t12-/m0/s1. The first kappa shape index (κ1) is 13.0. The van der Waals surface area contributed by atoms with Crippen molar-refractivity contribution >= 4 is 23.4 Å². The minimum absolute atomic E-state index is 0.236. The summed E-state index contributed by atoms with van der Waals surface area (Å²) >= 11 is 1.66. The molecule has 1 fully saturated rings. The minimum Gasteiger partial charge on any atom is -0.381 e. The molecule has 0 aromatic heterocycles. The number of hydrogen-bond donors (Lipinski definition) is 0. The Morgan fingerprint density at radius 2 is 2.37 bits per heavy atom. The topological polar surface area (TPSA) is 29.5 Å². The molecule has 4 heteroatoms. The van der Waals surface area contributed by atoms with Crippen LogP contribution in [0.5, 0.6) is 0 Å². The summed E-state index contributed by atoms with van der Waals surface area (Å²) in [6, 6.07) is 6.35. The average Bonchev–Trinajstić information content (AvgIpc) is 2.91. The molecule has 0 bridgehead atoms. The highest BCUT2D eigenvalue weighted by Gasteiger charge is 2.26. The number of ether oxygens (including phenoxy) is 1. The van der Waals surface area contributed by atoms with Crippen molar-refractivity contribution < 1.29 is 9.53 Å². The number of hydrogen-bond acceptors (Lipinski definition) is 3. The molecule has 2 aliphatic heterocycles. The fraction of sp³-hybridized carbons (Fsp3) is 0.533. The fourth-order valence-electron chi connectivity index (χ4n) is 2.68. The Morgan fingerprint density at radius 1 is 1.47 bits per heavy atom. The van der Waals surface area contributed by atoms with Crippen LogP contribution >= 0.6 is 11.8 Å². The summed E-state index contributed by atoms with van der Waals surface area (Å²) in [5.74, 6) is 1.42. The van der Waals surface area contributed by atoms with Crippen LogP contribution in [0.2, 0.25) is 0 Å². The molecule has 0 spiro atoms. The largest absolute Gasteiger partial charge is 0.381 e. The summed E-state index contributed by atoms with van der Waals surface area (Å²) in [7, 11) is 0. The molecule has 0 saturated carbocycles. The van der Waals surface area contributed by atoms with E-state index in [1.165, 1.54) is 10.5 Å². The zero-order valence-corrected chi connectivity index (χ0v) is 12.0. The van der Waals surface area contributed by atoms with Gasteiger partial charge in [0.05, 0.1) is 11.4 Å². The number of amides is 1. The molecule has 1 atom stereocenters. The summed E-state index contributed by atoms with van der Waals surface area (Å²) < 4.78 is 5.40. The number of anilines is 1. The van der Waals surface area contributed by atoms with Crippen molar-refractivity contribution in [2.45, 2.75) is 24.7 Å². The number of aryl methyl sites for hydroxylation is 1. The van der Waals surface area contributed by atoms with Crippen LogP contribution in [0.3, 0.4) is 0 Å². The summed E-state index contributed by atoms with van der Waals surface area (Å²) in [5, 5.41) is 0. The van der Waals surface area contributed by atoms with E-state index >= 15 is 0 Å². The van der Waals surface area contributed by atoms with Crippen molar-refractivity contribution in [2.75, 3.05) is 30.4 Å². The number of fused-ring (bicyclic) bond motifs is 1. The van der Waals surface area contributed by atoms with Gasteiger partial charge in [-0.2, -0.15) is 0 Å². The van der Waals surface area contributed by atoms with E-state index in [1.54, 1.807) is 11.8 Å². The maximum absolute atomic E-state index is 12.1. The van der Waals surface area contributed by atoms with Gasteiger partial charge in [0.2, 0.25) is 5.91 Å². The van der Waals surface area contributed by atoms with Gasteiger partial charge in [0.25, 0.3) is 0 Å². The molecule has 3 nitrogen and oxygen atoms in total. The number of benzene rings is 1. The van der Waals surface area contributed by atoms with Crippen LogP contribution in [0.4, 0.5) is 5.69 Å². The van der Waals surface area contributed by atoms with Crippen molar-refractivity contribution in [1.29, 1.82) is 0 Å². The number of thioether (sulfide) groups is 1. The van der Waals surface area contributed by atoms with Crippen molar-refractivity contribution in [3.8, 4) is 0 Å². The number of rotatable bonds is 3. The Balaban J connectivity index is 1.74. The maximum atomic E-state index is 12.1. The molecular weight excluding hydrogens is 258 g/mol. The summed E-state index contributed by atoms with van der Waals surface area (Å²) in [6.45, 7) is 4.66. The van der Waals surface area contributed by atoms with E-state index in [9.17, 15) is 4.79 Å². The highest BCUT2D eigenvalue weighted by Crippen LogP contribution is 2.36. The lowest BCUT2D eigenvalue weighted by molar-refractivity contribution is -0.116. The first-order valence-corrected chi connectivity index (χ1v) is 7.84. The van der Waals surface area contributed by atoms with Gasteiger partial charge in [-0.3, -0.25) is 4.79 Å². The summed E-state index contributed by atoms with van der Waals surface area (Å²) in [4.78, 5) is 15.3. The molecule has 3 rings (SSSR count). The number of carbonyl (C=O) groups is 1. The minimum atomic E-state index is 0.236. The van der Waals surface area contributed by atoms with Gasteiger partial charge in [-0.05, 0) is 43.4 Å². The van der Waals surface area contributed by atoms with E-state index in [4.69, 9.17) is 4.74 Å². The van der Waals surface area contributed by atoms with Gasteiger partial charge in [0.1, 0.15) is 0 Å². The van der Waals surface area contributed by atoms with E-state index < -0.39 is 0 Å². The predicted molar refractivity (Wildman–Crippen MR) is 77.8 cm³/mol. The lowest BCUT2D eigenvalue weighted by Gasteiger charge is -2.30. The van der Waals surface area contributed by atoms with Gasteiger partial charge in [-0.15, -0.1) is 11.8 Å². The second-order valence-electron chi connectivity index (χ2n) is 5.32. The summed E-state index contributed by atoms with van der Waals surface area (Å²) in [5.41, 5.74) is 2.34. The molecule has 102 valence electrons. The first-order chi connectivity index (χ1) is 9.24. The Morgan fingerprint density at radius 3 is 3.16 bits per heavy atom. The molecule has 0 unspecified atom stereocenters. The van der Waals surface area contributed by atoms with Gasteiger partial charge >= 0.3 is 0 Å². The number of carbonyl (C=O) groups excluding carboxylic acids is 1. The van der Waals surface area contributed by atoms with Crippen LogP contribution < -0.4 is 4.90 Å². The third kappa shape index (κ3) is 2.79. The van der Waals surface area contributed by atoms with Gasteiger partial charge in [0, 0.05) is 24.7 Å². The molecule has 19 heavy (non-hydrogen) atoms. The molecule has 0 aliphatic carbocycles. The monoisotopic (exact) mass is 277 g/mol. The Hall–Kier alpha value is -1.00.